The average molecular weight is 382 g/mol. The Balaban J connectivity index is 2.61. The molecule has 0 saturated heterocycles. The quantitative estimate of drug-likeness (QED) is 0.463. The first-order valence-corrected chi connectivity index (χ1v) is 7.05. The normalized spacial score (nSPS) is 12.5. The second-order valence-corrected chi connectivity index (χ2v) is 5.72. The Labute approximate surface area is 133 Å². The third-order valence-electron chi connectivity index (χ3n) is 2.81. The van der Waals surface area contributed by atoms with Gasteiger partial charge in [-0.25, -0.2) is 14.2 Å². The Morgan fingerprint density at radius 3 is 2.45 bits per heavy atom. The van der Waals surface area contributed by atoms with Crippen LogP contribution < -0.4 is 11.3 Å². The van der Waals surface area contributed by atoms with Crippen LogP contribution in [0.5, 0.6) is 0 Å². The zero-order chi connectivity index (χ0) is 14.9. The Bertz CT molecular complexity index is 653. The molecule has 2 rings (SSSR count). The topological polar surface area (TPSA) is 38.0 Å². The van der Waals surface area contributed by atoms with Gasteiger partial charge in [-0.3, -0.25) is 5.84 Å². The van der Waals surface area contributed by atoms with Crippen molar-refractivity contribution >= 4 is 39.1 Å². The molecule has 0 saturated carbocycles. The van der Waals surface area contributed by atoms with Crippen LogP contribution in [0.3, 0.4) is 0 Å². The van der Waals surface area contributed by atoms with Gasteiger partial charge in [-0.15, -0.1) is 0 Å². The molecule has 0 aliphatic rings. The highest BCUT2D eigenvalue weighted by Gasteiger charge is 2.24. The lowest BCUT2D eigenvalue weighted by Crippen LogP contribution is -2.30. The van der Waals surface area contributed by atoms with Crippen LogP contribution in [0.25, 0.3) is 0 Å². The number of benzene rings is 2. The summed E-state index contributed by atoms with van der Waals surface area (Å²) in [5, 5.41) is 0.580. The second-order valence-electron chi connectivity index (χ2n) is 4.02. The van der Waals surface area contributed by atoms with Crippen LogP contribution >= 0.6 is 39.1 Å². The minimum atomic E-state index is -1.04. The van der Waals surface area contributed by atoms with Gasteiger partial charge in [0.2, 0.25) is 0 Å². The molecule has 0 heterocycles. The Kier molecular flexibility index (Phi) is 4.99. The summed E-state index contributed by atoms with van der Waals surface area (Å²) in [5.74, 6) is 3.45. The molecule has 20 heavy (non-hydrogen) atoms. The van der Waals surface area contributed by atoms with E-state index in [-0.39, 0.29) is 10.6 Å². The lowest BCUT2D eigenvalue weighted by atomic mass is 9.98. The Morgan fingerprint density at radius 2 is 1.85 bits per heavy atom. The van der Waals surface area contributed by atoms with Crippen molar-refractivity contribution in [2.75, 3.05) is 0 Å². The molecule has 2 aromatic carbocycles. The Hall–Kier alpha value is -0.720. The number of halogens is 5. The first-order chi connectivity index (χ1) is 9.45. The molecule has 0 aromatic heterocycles. The van der Waals surface area contributed by atoms with Gasteiger partial charge in [-0.05, 0) is 29.8 Å². The highest BCUT2D eigenvalue weighted by Crippen LogP contribution is 2.35. The van der Waals surface area contributed by atoms with E-state index in [9.17, 15) is 8.78 Å². The van der Waals surface area contributed by atoms with E-state index in [0.717, 1.165) is 6.07 Å². The van der Waals surface area contributed by atoms with Gasteiger partial charge in [-0.1, -0.05) is 45.2 Å². The van der Waals surface area contributed by atoms with Crippen molar-refractivity contribution in [2.45, 2.75) is 6.04 Å². The highest BCUT2D eigenvalue weighted by molar-refractivity contribution is 9.10. The van der Waals surface area contributed by atoms with E-state index in [1.165, 1.54) is 6.07 Å². The van der Waals surface area contributed by atoms with E-state index in [2.05, 4.69) is 21.4 Å². The van der Waals surface area contributed by atoms with Crippen molar-refractivity contribution < 1.29 is 8.78 Å². The van der Waals surface area contributed by atoms with Crippen LogP contribution in [0.1, 0.15) is 17.2 Å². The molecule has 0 fully saturated rings. The van der Waals surface area contributed by atoms with Gasteiger partial charge >= 0.3 is 0 Å². The summed E-state index contributed by atoms with van der Waals surface area (Å²) < 4.78 is 28.0. The summed E-state index contributed by atoms with van der Waals surface area (Å²) in [5.41, 5.74) is 2.97. The molecule has 1 atom stereocenters. The fourth-order valence-electron chi connectivity index (χ4n) is 1.87. The predicted molar refractivity (Wildman–Crippen MR) is 79.7 cm³/mol. The molecule has 7 heteroatoms. The first-order valence-electron chi connectivity index (χ1n) is 5.50. The van der Waals surface area contributed by atoms with Crippen molar-refractivity contribution in [1.29, 1.82) is 0 Å². The van der Waals surface area contributed by atoms with Crippen LogP contribution in [0.2, 0.25) is 10.0 Å². The third kappa shape index (κ3) is 2.97. The van der Waals surface area contributed by atoms with E-state index in [1.54, 1.807) is 18.2 Å². The molecule has 2 aromatic rings. The van der Waals surface area contributed by atoms with Crippen molar-refractivity contribution in [2.24, 2.45) is 5.84 Å². The molecular weight excluding hydrogens is 373 g/mol. The molecule has 1 unspecified atom stereocenters. The van der Waals surface area contributed by atoms with Gasteiger partial charge in [0.25, 0.3) is 0 Å². The molecule has 106 valence electrons. The third-order valence-corrected chi connectivity index (χ3v) is 4.06. The standard InChI is InChI=1S/C13H9BrCl2F2N2/c14-8-5-6(15)1-2-7(8)13(20-19)11-9(16)3-4-10(17)12(11)18/h1-5,13,20H,19H2. The van der Waals surface area contributed by atoms with Gasteiger partial charge in [-0.2, -0.15) is 0 Å². The van der Waals surface area contributed by atoms with Gasteiger partial charge in [0, 0.05) is 20.1 Å². The lowest BCUT2D eigenvalue weighted by molar-refractivity contribution is 0.483. The van der Waals surface area contributed by atoms with E-state index in [4.69, 9.17) is 29.0 Å². The van der Waals surface area contributed by atoms with Crippen molar-refractivity contribution in [1.82, 2.24) is 5.43 Å². The smallest absolute Gasteiger partial charge is 0.165 e. The number of rotatable bonds is 3. The van der Waals surface area contributed by atoms with E-state index in [1.807, 2.05) is 0 Å². The minimum absolute atomic E-state index is 0.0582. The second kappa shape index (κ2) is 6.37. The molecular formula is C13H9BrCl2F2N2. The van der Waals surface area contributed by atoms with Gasteiger partial charge in [0.05, 0.1) is 6.04 Å². The molecule has 0 aliphatic carbocycles. The zero-order valence-corrected chi connectivity index (χ0v) is 13.0. The van der Waals surface area contributed by atoms with Crippen LogP contribution in [0, 0.1) is 11.6 Å². The molecule has 0 radical (unpaired) electrons. The molecule has 0 amide bonds. The maximum atomic E-state index is 14.0. The number of nitrogens with one attached hydrogen (secondary N) is 1. The average Bonchev–Trinajstić information content (AvgIpc) is 2.40. The SMILES string of the molecule is NNC(c1ccc(Cl)cc1Br)c1c(Cl)ccc(F)c1F. The number of hydrazine groups is 1. The molecule has 2 nitrogen and oxygen atoms in total. The van der Waals surface area contributed by atoms with E-state index in [0.29, 0.717) is 15.1 Å². The van der Waals surface area contributed by atoms with Crippen LogP contribution in [-0.4, -0.2) is 0 Å². The highest BCUT2D eigenvalue weighted by atomic mass is 79.9. The van der Waals surface area contributed by atoms with E-state index >= 15 is 0 Å². The molecule has 3 N–H and O–H groups in total. The van der Waals surface area contributed by atoms with Gasteiger partial charge < -0.3 is 0 Å². The zero-order valence-electron chi connectivity index (χ0n) is 9.93. The Morgan fingerprint density at radius 1 is 1.15 bits per heavy atom. The van der Waals surface area contributed by atoms with Crippen LogP contribution in [0.4, 0.5) is 8.78 Å². The number of hydrogen-bond acceptors (Lipinski definition) is 2. The number of hydrogen-bond donors (Lipinski definition) is 2. The van der Waals surface area contributed by atoms with Crippen molar-refractivity contribution in [3.05, 3.63) is 67.6 Å². The fourth-order valence-corrected chi connectivity index (χ4v) is 3.04. The molecule has 0 bridgehead atoms. The molecule has 0 spiro atoms. The monoisotopic (exact) mass is 380 g/mol. The summed E-state index contributed by atoms with van der Waals surface area (Å²) in [6.07, 6.45) is 0. The maximum absolute atomic E-state index is 14.0. The lowest BCUT2D eigenvalue weighted by Gasteiger charge is -2.20. The van der Waals surface area contributed by atoms with E-state index < -0.39 is 17.7 Å². The summed E-state index contributed by atoms with van der Waals surface area (Å²) in [7, 11) is 0. The summed E-state index contributed by atoms with van der Waals surface area (Å²) in [6, 6.07) is 6.33. The summed E-state index contributed by atoms with van der Waals surface area (Å²) in [6.45, 7) is 0. The maximum Gasteiger partial charge on any atom is 0.165 e. The van der Waals surface area contributed by atoms with Gasteiger partial charge in [0.1, 0.15) is 0 Å². The van der Waals surface area contributed by atoms with Crippen LogP contribution in [-0.2, 0) is 0 Å². The molecule has 0 aliphatic heterocycles. The summed E-state index contributed by atoms with van der Waals surface area (Å²) >= 11 is 15.1. The summed E-state index contributed by atoms with van der Waals surface area (Å²) in [4.78, 5) is 0. The van der Waals surface area contributed by atoms with Gasteiger partial charge in [0.15, 0.2) is 11.6 Å². The fraction of sp³-hybridized carbons (Fsp3) is 0.0769. The van der Waals surface area contributed by atoms with Crippen molar-refractivity contribution in [3.8, 4) is 0 Å². The largest absolute Gasteiger partial charge is 0.271 e. The predicted octanol–water partition coefficient (Wildman–Crippen LogP) is 4.59. The van der Waals surface area contributed by atoms with Crippen molar-refractivity contribution in [3.63, 3.8) is 0 Å². The number of nitrogens with two attached hydrogens (primary N) is 1. The first kappa shape index (κ1) is 15.7. The van der Waals surface area contributed by atoms with Crippen LogP contribution in [0.15, 0.2) is 34.8 Å². The minimum Gasteiger partial charge on any atom is -0.271 e.